The van der Waals surface area contributed by atoms with Crippen LogP contribution in [-0.4, -0.2) is 67.5 Å². The average Bonchev–Trinajstić information content (AvgIpc) is 1.57. The summed E-state index contributed by atoms with van der Waals surface area (Å²) in [5.74, 6) is 0. The molecule has 8 aromatic carbocycles. The molecule has 137 heavy (non-hydrogen) atoms. The van der Waals surface area contributed by atoms with Crippen molar-refractivity contribution in [2.75, 3.05) is 0 Å². The first kappa shape index (κ1) is 105. The zero-order chi connectivity index (χ0) is 102. The Hall–Kier alpha value is -8.32. The van der Waals surface area contributed by atoms with Gasteiger partial charge in [0.05, 0.1) is 104 Å². The van der Waals surface area contributed by atoms with Gasteiger partial charge in [0, 0.05) is 74.0 Å². The lowest BCUT2D eigenvalue weighted by atomic mass is 9.76. The molecule has 28 heteroatoms. The minimum absolute atomic E-state index is 0.0152. The lowest BCUT2D eigenvalue weighted by molar-refractivity contribution is -0.783. The molecule has 19 rings (SSSR count). The third kappa shape index (κ3) is 19.0. The first-order valence-electron chi connectivity index (χ1n) is 47.6. The molecule has 10 aromatic heterocycles. The van der Waals surface area contributed by atoms with Gasteiger partial charge in [-0.3, -0.25) is 0 Å². The Morgan fingerprint density at radius 1 is 0.241 bits per heavy atom. The van der Waals surface area contributed by atoms with E-state index in [9.17, 15) is 0 Å². The maximum atomic E-state index is 4.92. The van der Waals surface area contributed by atoms with Crippen LogP contribution in [0.25, 0.3) is 130 Å². The van der Waals surface area contributed by atoms with Gasteiger partial charge in [0.15, 0.2) is 7.05 Å². The summed E-state index contributed by atoms with van der Waals surface area (Å²) >= 11 is 13.0. The number of aromatic nitrogens is 17. The van der Waals surface area contributed by atoms with Crippen molar-refractivity contribution < 1.29 is 4.80 Å². The van der Waals surface area contributed by atoms with Gasteiger partial charge in [0.1, 0.15) is 77.6 Å². The Morgan fingerprint density at radius 2 is 0.474 bits per heavy atom. The topological polar surface area (TPSA) is 236 Å². The highest BCUT2D eigenvalue weighted by Crippen LogP contribution is 2.56. The first-order chi connectivity index (χ1) is 62.7. The Labute approximate surface area is 848 Å². The summed E-state index contributed by atoms with van der Waals surface area (Å²) in [6, 6.07) is 4.69. The van der Waals surface area contributed by atoms with E-state index in [0.717, 1.165) is 144 Å². The van der Waals surface area contributed by atoms with E-state index in [-0.39, 0.29) is 65.0 Å². The zero-order valence-electron chi connectivity index (χ0n) is 90.3. The van der Waals surface area contributed by atoms with E-state index in [2.05, 4.69) is 362 Å². The number of aryl methyl sites for hydroxylation is 11. The van der Waals surface area contributed by atoms with E-state index in [1.54, 1.807) is 15.9 Å². The van der Waals surface area contributed by atoms with Crippen LogP contribution in [0.2, 0.25) is 0 Å². The van der Waals surface area contributed by atoms with Crippen molar-refractivity contribution in [1.82, 2.24) is 72.6 Å². The van der Waals surface area contributed by atoms with Crippen molar-refractivity contribution in [1.29, 1.82) is 0 Å². The highest BCUT2D eigenvalue weighted by molar-refractivity contribution is 7.58. The van der Waals surface area contributed by atoms with E-state index < -0.39 is 0 Å². The van der Waals surface area contributed by atoms with Crippen LogP contribution in [0.3, 0.4) is 0 Å². The van der Waals surface area contributed by atoms with Crippen molar-refractivity contribution in [3.63, 3.8) is 0 Å². The minimum atomic E-state index is -0.0704. The predicted molar refractivity (Wildman–Crippen MR) is 596 cm³/mol. The smallest absolute Gasteiger partial charge is 0.152 e. The molecule has 1 aliphatic heterocycles. The number of hydrogen-bond acceptors (Lipinski definition) is 25. The van der Waals surface area contributed by atoms with Gasteiger partial charge >= 0.3 is 0 Å². The summed E-state index contributed by atoms with van der Waals surface area (Å²) in [6.07, 6.45) is 0. The van der Waals surface area contributed by atoms with E-state index in [0.29, 0.717) is 0 Å². The fourth-order valence-electron chi connectivity index (χ4n) is 20.5. The Kier molecular flexibility index (Phi) is 27.2. The largest absolute Gasteiger partial charge is 0.249 e. The van der Waals surface area contributed by atoms with Gasteiger partial charge in [-0.25, -0.2) is 9.97 Å². The molecule has 728 valence electrons. The monoisotopic (exact) mass is 2010 g/mol. The van der Waals surface area contributed by atoms with Gasteiger partial charge in [-0.2, -0.15) is 76.2 Å². The van der Waals surface area contributed by atoms with Gasteiger partial charge in [0.2, 0.25) is 0 Å². The molecule has 0 fully saturated rings. The number of fused-ring (bicyclic) bond motifs is 15. The first-order valence-corrected chi connectivity index (χ1v) is 54.3. The molecule has 18 aromatic rings. The molecule has 19 nitrogen and oxygen atoms in total. The molecule has 0 saturated heterocycles. The van der Waals surface area contributed by atoms with E-state index in [1.165, 1.54) is 189 Å². The standard InChI is InChI=1S/C22H30S2.C20H24N4S2.C20H26N2S.C18H24N4S.C15H21N5S.C14H18N4S2/c1-11-13(3)23-19-15(11)17(21(5,6)7)20-16(12(2)14(4)24-20)18(19)22(8,9)10;1-9-11-12(16-17(23-26-22-16)13(9)19(3,4)5)10(2)14(20(6,7)8)18-15(11)21-25-24-18;1-11-9-13-14(10-12(11)2)16(20(6,7)8)18-17(21-23-22-18)15(13)19(3,4)5;1-9-10(2)20-14-12(18(6,7)8)16-15(21-23-22-16)11(13(14)19-9)17(3,4)5;1-14(2,3)8-10-11(17-20(7)16-10)9(15(4,5)6)13-12(8)18-21-19-13;1-13(2,3)7-9-11(17-19-15-9)8(14(4,5)6)12-10(7)16-20-18-12/h1-10H3;1-8H3;9-10H,1-8H3;1-8H3;1-7H3;1-6H3. The van der Waals surface area contributed by atoms with E-state index >= 15 is 0 Å². The predicted octanol–water partition coefficient (Wildman–Crippen LogP) is 32.5. The maximum absolute atomic E-state index is 4.92. The van der Waals surface area contributed by atoms with Crippen LogP contribution in [0.5, 0.6) is 0 Å². The average molecular weight is 2010 g/mol. The van der Waals surface area contributed by atoms with Crippen LogP contribution in [-0.2, 0) is 83.4 Å². The van der Waals surface area contributed by atoms with E-state index in [1.807, 2.05) is 43.6 Å². The van der Waals surface area contributed by atoms with Crippen LogP contribution >= 0.6 is 93.0 Å². The molecule has 0 aliphatic carbocycles. The minimum Gasteiger partial charge on any atom is -0.249 e. The second-order valence-corrected chi connectivity index (χ2v) is 56.3. The Morgan fingerprint density at radius 3 is 0.745 bits per heavy atom. The van der Waals surface area contributed by atoms with E-state index in [4.69, 9.17) is 36.2 Å². The molecule has 11 heterocycles. The number of benzene rings is 8. The molecule has 0 atom stereocenters. The second kappa shape index (κ2) is 35.7. The fourth-order valence-corrected chi connectivity index (χ4v) is 27.3. The number of rotatable bonds is 0. The van der Waals surface area contributed by atoms with Crippen LogP contribution in [0.15, 0.2) is 20.9 Å². The van der Waals surface area contributed by atoms with Gasteiger partial charge in [-0.05, 0) is 223 Å². The van der Waals surface area contributed by atoms with Gasteiger partial charge in [-0.15, -0.1) is 22.7 Å². The molecule has 1 aliphatic rings. The van der Waals surface area contributed by atoms with Crippen molar-refractivity contribution in [2.45, 2.75) is 383 Å². The summed E-state index contributed by atoms with van der Waals surface area (Å²) < 4.78 is 67.9. The molecule has 0 N–H and O–H groups in total. The maximum Gasteiger partial charge on any atom is 0.152 e. The van der Waals surface area contributed by atoms with Gasteiger partial charge < -0.3 is 0 Å². The third-order valence-electron chi connectivity index (χ3n) is 26.4. The van der Waals surface area contributed by atoms with Crippen LogP contribution in [0.4, 0.5) is 11.4 Å². The highest BCUT2D eigenvalue weighted by atomic mass is 32.1. The molecule has 0 amide bonds. The lowest BCUT2D eigenvalue weighted by Crippen LogP contribution is -2.35. The number of nitrogens with zero attached hydrogens (tertiary/aromatic N) is 19. The Balaban J connectivity index is 0.000000132. The molecular weight excluding hydrogens is 1860 g/mol. The van der Waals surface area contributed by atoms with Crippen molar-refractivity contribution in [3.8, 4) is 0 Å². The summed E-state index contributed by atoms with van der Waals surface area (Å²) in [4.78, 5) is 14.4. The summed E-state index contributed by atoms with van der Waals surface area (Å²) in [6.45, 7) is 103. The number of thiophene rings is 2. The van der Waals surface area contributed by atoms with Gasteiger partial charge in [-0.1, -0.05) is 261 Å². The van der Waals surface area contributed by atoms with Crippen LogP contribution < -0.4 is 9.90 Å². The summed E-state index contributed by atoms with van der Waals surface area (Å²) in [5, 5.41) is 17.4. The third-order valence-corrected chi connectivity index (χ3v) is 32.5. The molecule has 0 saturated carbocycles. The van der Waals surface area contributed by atoms with Crippen molar-refractivity contribution in [2.24, 2.45) is 15.8 Å². The quantitative estimate of drug-likeness (QED) is 0.128. The summed E-state index contributed by atoms with van der Waals surface area (Å²) in [7, 11) is 1.87. The molecule has 0 spiro atoms. The summed E-state index contributed by atoms with van der Waals surface area (Å²) in [5.41, 5.74) is 43.4. The SMILES string of the molecule is CC(C)(C)c1c2c(c(C(C)(C)C)c3nsnc13)N=S=N2.C[n+]1nc2c(C(C)(C)C)c3nsnc3c(C(C)(C)C)c2[n-]1.Cc1c(C(C)(C)C)c2nsnc2c2c(C)c(C(C)(C)C)c3nsnc3c12.Cc1cc2c(C(C)(C)C)c3nsnc3c(C(C)(C)C)c2cc1C.Cc1nc2c(C(C)(C)C)c3nsnc3c(C(C)(C)C)c2nc1C.Cc1sc2c(C(C)(C)C)c3c(C)c(C)sc3c(C(C)(C)C)c2c1C. The number of hydrogen-bond donors (Lipinski definition) is 0. The molecule has 0 bridgehead atoms. The van der Waals surface area contributed by atoms with Crippen LogP contribution in [0.1, 0.15) is 371 Å². The highest BCUT2D eigenvalue weighted by Gasteiger charge is 2.40. The fraction of sp³-hybridized carbons (Fsp3) is 0.541. The van der Waals surface area contributed by atoms with Gasteiger partial charge in [0.25, 0.3) is 0 Å². The van der Waals surface area contributed by atoms with Crippen molar-refractivity contribution >= 4 is 246 Å². The molecule has 0 radical (unpaired) electrons. The normalized spacial score (nSPS) is 13.5. The van der Waals surface area contributed by atoms with Crippen molar-refractivity contribution in [3.05, 3.63) is 133 Å². The lowest BCUT2D eigenvalue weighted by Gasteiger charge is -2.28. The molecule has 0 unspecified atom stereocenters. The zero-order valence-corrected chi connectivity index (χ0v) is 97.7. The van der Waals surface area contributed by atoms with Crippen LogP contribution in [0, 0.1) is 69.2 Å². The Bertz CT molecular complexity index is 7350. The molecular formula is C109H143N19S9. The second-order valence-electron chi connectivity index (χ2n) is 50.2.